The van der Waals surface area contributed by atoms with Gasteiger partial charge < -0.3 is 19.7 Å². The van der Waals surface area contributed by atoms with Crippen LogP contribution >= 0.6 is 0 Å². The van der Waals surface area contributed by atoms with Crippen LogP contribution in [0.4, 0.5) is 25.3 Å². The Kier molecular flexibility index (Phi) is 11.2. The number of aromatic nitrogens is 4. The highest BCUT2D eigenvalue weighted by molar-refractivity contribution is 7.89. The minimum Gasteiger partial charge on any atom is -0.494 e. The van der Waals surface area contributed by atoms with Crippen LogP contribution in [0.15, 0.2) is 59.8 Å². The summed E-state index contributed by atoms with van der Waals surface area (Å²) >= 11 is 0. The second-order valence-electron chi connectivity index (χ2n) is 13.7. The van der Waals surface area contributed by atoms with Crippen molar-refractivity contribution in [3.63, 3.8) is 0 Å². The average Bonchev–Trinajstić information content (AvgIpc) is 3.49. The van der Waals surface area contributed by atoms with E-state index in [2.05, 4.69) is 47.5 Å². The standard InChI is InChI=1S/C36H43F2N9O6S/c1-44-31-20-25(6-7-30(31)33(43-44)47-18-12-32(48)42-36(47)49)24-8-14-45(15-9-24)13-3-19-52-27-4-2-5-29(21-27)54(50,51)46-16-10-26(11-17-46)41-35-39-22-28(23-40-35)53-34(37)38/h2,4-7,20-24,26,34H,3,8-19H2,1H3,(H,39,40,41)(H,42,48,49). The van der Waals surface area contributed by atoms with Crippen LogP contribution in [-0.2, 0) is 21.9 Å². The third kappa shape index (κ3) is 8.55. The number of likely N-dealkylation sites (tertiary alicyclic amines) is 1. The number of nitrogens with zero attached hydrogens (tertiary/aromatic N) is 7. The molecule has 15 nitrogen and oxygen atoms in total. The van der Waals surface area contributed by atoms with E-state index >= 15 is 0 Å². The molecule has 0 bridgehead atoms. The first kappa shape index (κ1) is 37.4. The summed E-state index contributed by atoms with van der Waals surface area (Å²) in [6, 6.07) is 12.4. The number of sulfonamides is 1. The Bertz CT molecular complexity index is 2070. The number of carbonyl (C=O) groups is 2. The monoisotopic (exact) mass is 767 g/mol. The van der Waals surface area contributed by atoms with E-state index in [0.717, 1.165) is 62.2 Å². The predicted octanol–water partition coefficient (Wildman–Crippen LogP) is 4.32. The van der Waals surface area contributed by atoms with Gasteiger partial charge in [0.1, 0.15) is 5.75 Å². The Labute approximate surface area is 311 Å². The Morgan fingerprint density at radius 1 is 0.963 bits per heavy atom. The maximum absolute atomic E-state index is 13.5. The van der Waals surface area contributed by atoms with Gasteiger partial charge in [-0.2, -0.15) is 18.2 Å². The fourth-order valence-electron chi connectivity index (χ4n) is 7.29. The largest absolute Gasteiger partial charge is 0.494 e. The van der Waals surface area contributed by atoms with Crippen molar-refractivity contribution in [3.05, 3.63) is 60.4 Å². The molecule has 4 aromatic rings. The predicted molar refractivity (Wildman–Crippen MR) is 195 cm³/mol. The van der Waals surface area contributed by atoms with Gasteiger partial charge in [-0.25, -0.2) is 23.2 Å². The molecule has 2 aromatic heterocycles. The first-order valence-electron chi connectivity index (χ1n) is 18.1. The summed E-state index contributed by atoms with van der Waals surface area (Å²) in [6.45, 7) is 1.19. The average molecular weight is 768 g/mol. The first-order valence-corrected chi connectivity index (χ1v) is 19.5. The number of urea groups is 1. The minimum atomic E-state index is -3.73. The normalized spacial score (nSPS) is 18.3. The number of fused-ring (bicyclic) bond motifs is 1. The SMILES string of the molecule is Cn1nc(N2CCC(=O)NC2=O)c2ccc(C3CCN(CCCOc4cccc(S(=O)(=O)N5CCC(Nc6ncc(OC(F)F)cn6)CC5)c4)CC3)cc21. The van der Waals surface area contributed by atoms with Crippen LogP contribution in [0.25, 0.3) is 10.9 Å². The lowest BCUT2D eigenvalue weighted by molar-refractivity contribution is -0.120. The van der Waals surface area contributed by atoms with Crippen LogP contribution in [0.1, 0.15) is 50.0 Å². The van der Waals surface area contributed by atoms with E-state index in [1.165, 1.54) is 14.8 Å². The number of rotatable bonds is 13. The van der Waals surface area contributed by atoms with Crippen molar-refractivity contribution >= 4 is 44.6 Å². The number of hydrogen-bond acceptors (Lipinski definition) is 11. The molecule has 3 amide bonds. The molecule has 288 valence electrons. The zero-order chi connectivity index (χ0) is 37.8. The molecule has 0 spiro atoms. The number of carbonyl (C=O) groups excluding carboxylic acids is 2. The summed E-state index contributed by atoms with van der Waals surface area (Å²) < 4.78 is 65.2. The van der Waals surface area contributed by atoms with Gasteiger partial charge in [-0.3, -0.25) is 19.7 Å². The molecule has 0 unspecified atom stereocenters. The lowest BCUT2D eigenvalue weighted by atomic mass is 9.89. The van der Waals surface area contributed by atoms with Crippen LogP contribution in [0.3, 0.4) is 0 Å². The molecule has 0 radical (unpaired) electrons. The summed E-state index contributed by atoms with van der Waals surface area (Å²) in [5.74, 6) is 1.32. The number of amides is 3. The number of alkyl halides is 2. The molecule has 3 aliphatic rings. The fourth-order valence-corrected chi connectivity index (χ4v) is 8.80. The summed E-state index contributed by atoms with van der Waals surface area (Å²) in [7, 11) is -1.86. The molecule has 3 aliphatic heterocycles. The van der Waals surface area contributed by atoms with Gasteiger partial charge in [-0.05, 0) is 80.9 Å². The molecule has 0 aliphatic carbocycles. The number of anilines is 2. The van der Waals surface area contributed by atoms with Crippen LogP contribution in [0, 0.1) is 0 Å². The van der Waals surface area contributed by atoms with Gasteiger partial charge in [0, 0.05) is 57.1 Å². The number of aryl methyl sites for hydroxylation is 1. The maximum atomic E-state index is 13.5. The molecule has 2 N–H and O–H groups in total. The van der Waals surface area contributed by atoms with E-state index in [9.17, 15) is 26.8 Å². The quantitative estimate of drug-likeness (QED) is 0.186. The van der Waals surface area contributed by atoms with Crippen molar-refractivity contribution in [2.45, 2.75) is 62.0 Å². The van der Waals surface area contributed by atoms with Crippen molar-refractivity contribution in [1.29, 1.82) is 0 Å². The summed E-state index contributed by atoms with van der Waals surface area (Å²) in [6.07, 6.45) is 6.45. The van der Waals surface area contributed by atoms with E-state index in [0.29, 0.717) is 56.6 Å². The first-order chi connectivity index (χ1) is 26.0. The van der Waals surface area contributed by atoms with Crippen molar-refractivity contribution in [2.75, 3.05) is 56.1 Å². The van der Waals surface area contributed by atoms with Gasteiger partial charge in [0.15, 0.2) is 11.6 Å². The lowest BCUT2D eigenvalue weighted by Crippen LogP contribution is -2.49. The van der Waals surface area contributed by atoms with Crippen molar-refractivity contribution < 1.29 is 36.3 Å². The highest BCUT2D eigenvalue weighted by Gasteiger charge is 2.31. The number of halogens is 2. The minimum absolute atomic E-state index is 0.0737. The van der Waals surface area contributed by atoms with Crippen LogP contribution in [0.5, 0.6) is 11.5 Å². The van der Waals surface area contributed by atoms with Crippen LogP contribution < -0.4 is 25.0 Å². The van der Waals surface area contributed by atoms with Crippen LogP contribution in [0.2, 0.25) is 0 Å². The highest BCUT2D eigenvalue weighted by atomic mass is 32.2. The molecule has 18 heteroatoms. The van der Waals surface area contributed by atoms with Gasteiger partial charge in [0.25, 0.3) is 0 Å². The van der Waals surface area contributed by atoms with E-state index in [-0.39, 0.29) is 35.0 Å². The Morgan fingerprint density at radius 3 is 2.44 bits per heavy atom. The second-order valence-corrected chi connectivity index (χ2v) is 15.7. The molecule has 3 saturated heterocycles. The second kappa shape index (κ2) is 16.2. The number of imide groups is 1. The molecule has 3 fully saturated rings. The van der Waals surface area contributed by atoms with E-state index in [1.54, 1.807) is 28.9 Å². The summed E-state index contributed by atoms with van der Waals surface area (Å²) in [5, 5.41) is 11.0. The van der Waals surface area contributed by atoms with Gasteiger partial charge in [-0.1, -0.05) is 12.1 Å². The van der Waals surface area contributed by atoms with Crippen molar-refractivity contribution in [2.24, 2.45) is 7.05 Å². The molecular weight excluding hydrogens is 725 g/mol. The highest BCUT2D eigenvalue weighted by Crippen LogP contribution is 2.34. The van der Waals surface area contributed by atoms with E-state index in [4.69, 9.17) is 4.74 Å². The molecule has 54 heavy (non-hydrogen) atoms. The topological polar surface area (TPSA) is 164 Å². The van der Waals surface area contributed by atoms with Gasteiger partial charge >= 0.3 is 12.6 Å². The Balaban J connectivity index is 0.845. The molecule has 2 aromatic carbocycles. The Morgan fingerprint density at radius 2 is 1.72 bits per heavy atom. The zero-order valence-electron chi connectivity index (χ0n) is 29.9. The lowest BCUT2D eigenvalue weighted by Gasteiger charge is -2.32. The van der Waals surface area contributed by atoms with Gasteiger partial charge in [0.2, 0.25) is 21.9 Å². The van der Waals surface area contributed by atoms with E-state index < -0.39 is 22.7 Å². The number of ether oxygens (including phenoxy) is 2. The molecule has 7 rings (SSSR count). The third-order valence-corrected chi connectivity index (χ3v) is 12.1. The number of hydrogen-bond donors (Lipinski definition) is 2. The van der Waals surface area contributed by atoms with Gasteiger partial charge in [-0.15, -0.1) is 0 Å². The summed E-state index contributed by atoms with van der Waals surface area (Å²) in [4.78, 5) is 36.2. The van der Waals surface area contributed by atoms with Crippen molar-refractivity contribution in [1.82, 2.24) is 34.3 Å². The van der Waals surface area contributed by atoms with Crippen molar-refractivity contribution in [3.8, 4) is 11.5 Å². The molecule has 0 saturated carbocycles. The van der Waals surface area contributed by atoms with E-state index in [1.807, 2.05) is 13.1 Å². The third-order valence-electron chi connectivity index (χ3n) is 10.2. The molecule has 5 heterocycles. The smallest absolute Gasteiger partial charge is 0.387 e. The number of piperidine rings is 2. The maximum Gasteiger partial charge on any atom is 0.387 e. The Hall–Kier alpha value is -4.94. The zero-order valence-corrected chi connectivity index (χ0v) is 30.7. The molecule has 0 atom stereocenters. The summed E-state index contributed by atoms with van der Waals surface area (Å²) in [5.41, 5.74) is 2.20. The molecular formula is C36H43F2N9O6S. The number of nitrogens with one attached hydrogen (secondary N) is 2. The van der Waals surface area contributed by atoms with Crippen LogP contribution in [-0.4, -0.2) is 108 Å². The number of benzene rings is 2. The fraction of sp³-hybridized carbons (Fsp3) is 0.472. The van der Waals surface area contributed by atoms with Gasteiger partial charge in [0.05, 0.1) is 29.4 Å².